The minimum atomic E-state index is -1.05. The van der Waals surface area contributed by atoms with Crippen LogP contribution in [0.5, 0.6) is 0 Å². The first-order chi connectivity index (χ1) is 8.91. The molecule has 0 bridgehead atoms. The Morgan fingerprint density at radius 1 is 1.32 bits per heavy atom. The highest BCUT2D eigenvalue weighted by atomic mass is 35.5. The van der Waals surface area contributed by atoms with Crippen molar-refractivity contribution in [2.24, 2.45) is 5.92 Å². The van der Waals surface area contributed by atoms with E-state index in [0.29, 0.717) is 5.02 Å². The van der Waals surface area contributed by atoms with Crippen LogP contribution in [0, 0.1) is 5.92 Å². The lowest BCUT2D eigenvalue weighted by atomic mass is 10.1. The van der Waals surface area contributed by atoms with Gasteiger partial charge in [0, 0.05) is 11.6 Å². The van der Waals surface area contributed by atoms with Crippen LogP contribution in [0.2, 0.25) is 5.02 Å². The summed E-state index contributed by atoms with van der Waals surface area (Å²) in [6.07, 6.45) is 0. The molecule has 0 aliphatic carbocycles. The van der Waals surface area contributed by atoms with Crippen molar-refractivity contribution in [2.75, 3.05) is 0 Å². The Labute approximate surface area is 117 Å². The van der Waals surface area contributed by atoms with E-state index in [1.54, 1.807) is 32.0 Å². The summed E-state index contributed by atoms with van der Waals surface area (Å²) in [5, 5.41) is 14.5. The van der Waals surface area contributed by atoms with Crippen molar-refractivity contribution in [3.63, 3.8) is 0 Å². The maximum atomic E-state index is 11.6. The van der Waals surface area contributed by atoms with Crippen molar-refractivity contribution in [1.82, 2.24) is 10.6 Å². The molecule has 1 rings (SSSR count). The number of nitrogens with one attached hydrogen (secondary N) is 2. The molecule has 0 aliphatic rings. The van der Waals surface area contributed by atoms with Crippen LogP contribution < -0.4 is 10.6 Å². The topological polar surface area (TPSA) is 78.4 Å². The zero-order chi connectivity index (χ0) is 14.4. The molecule has 1 aromatic carbocycles. The minimum absolute atomic E-state index is 0.191. The standard InChI is InChI=1S/C13H17ClN2O3/c1-8(2)11(12(17)18)16-13(19)15-7-9-5-3-4-6-10(9)14/h3-6,8,11H,7H2,1-2H3,(H,17,18)(H2,15,16,19). The third kappa shape index (κ3) is 4.79. The van der Waals surface area contributed by atoms with Gasteiger partial charge >= 0.3 is 12.0 Å². The van der Waals surface area contributed by atoms with Gasteiger partial charge in [0.2, 0.25) is 0 Å². The SMILES string of the molecule is CC(C)C(NC(=O)NCc1ccccc1Cl)C(=O)O. The summed E-state index contributed by atoms with van der Waals surface area (Å²) < 4.78 is 0. The van der Waals surface area contributed by atoms with Gasteiger partial charge in [0.25, 0.3) is 0 Å². The maximum Gasteiger partial charge on any atom is 0.326 e. The Hall–Kier alpha value is -1.75. The van der Waals surface area contributed by atoms with E-state index in [1.807, 2.05) is 6.07 Å². The fraction of sp³-hybridized carbons (Fsp3) is 0.385. The molecule has 5 nitrogen and oxygen atoms in total. The lowest BCUT2D eigenvalue weighted by molar-refractivity contribution is -0.140. The molecule has 0 radical (unpaired) electrons. The molecule has 0 aromatic heterocycles. The van der Waals surface area contributed by atoms with E-state index >= 15 is 0 Å². The number of carbonyl (C=O) groups excluding carboxylic acids is 1. The third-order valence-electron chi connectivity index (χ3n) is 2.62. The molecule has 0 fully saturated rings. The molecule has 1 unspecified atom stereocenters. The Morgan fingerprint density at radius 2 is 1.95 bits per heavy atom. The Morgan fingerprint density at radius 3 is 2.47 bits per heavy atom. The summed E-state index contributed by atoms with van der Waals surface area (Å²) in [4.78, 5) is 22.6. The second kappa shape index (κ2) is 6.99. The van der Waals surface area contributed by atoms with Gasteiger partial charge in [0.1, 0.15) is 6.04 Å². The van der Waals surface area contributed by atoms with Crippen LogP contribution in [0.1, 0.15) is 19.4 Å². The number of carbonyl (C=O) groups is 2. The summed E-state index contributed by atoms with van der Waals surface area (Å²) in [5.74, 6) is -1.24. The summed E-state index contributed by atoms with van der Waals surface area (Å²) >= 11 is 5.95. The van der Waals surface area contributed by atoms with Crippen molar-refractivity contribution < 1.29 is 14.7 Å². The average Bonchev–Trinajstić information content (AvgIpc) is 2.34. The molecule has 6 heteroatoms. The number of halogens is 1. The summed E-state index contributed by atoms with van der Waals surface area (Å²) in [6.45, 7) is 3.70. The van der Waals surface area contributed by atoms with E-state index in [4.69, 9.17) is 16.7 Å². The predicted octanol–water partition coefficient (Wildman–Crippen LogP) is 2.25. The van der Waals surface area contributed by atoms with E-state index < -0.39 is 18.0 Å². The molecule has 2 amide bonds. The number of rotatable bonds is 5. The summed E-state index contributed by atoms with van der Waals surface area (Å²) in [7, 11) is 0. The molecule has 0 aliphatic heterocycles. The minimum Gasteiger partial charge on any atom is -0.480 e. The van der Waals surface area contributed by atoms with Gasteiger partial charge < -0.3 is 15.7 Å². The van der Waals surface area contributed by atoms with Gasteiger partial charge in [0.05, 0.1) is 0 Å². The van der Waals surface area contributed by atoms with E-state index in [-0.39, 0.29) is 12.5 Å². The number of hydrogen-bond donors (Lipinski definition) is 3. The van der Waals surface area contributed by atoms with Gasteiger partial charge in [-0.25, -0.2) is 9.59 Å². The summed E-state index contributed by atoms with van der Waals surface area (Å²) in [6, 6.07) is 5.69. The molecular weight excluding hydrogens is 268 g/mol. The number of amides is 2. The fourth-order valence-electron chi connectivity index (χ4n) is 1.52. The number of carboxylic acids is 1. The van der Waals surface area contributed by atoms with Crippen LogP contribution in [0.15, 0.2) is 24.3 Å². The van der Waals surface area contributed by atoms with Gasteiger partial charge in [-0.1, -0.05) is 43.6 Å². The van der Waals surface area contributed by atoms with Gasteiger partial charge in [-0.15, -0.1) is 0 Å². The lowest BCUT2D eigenvalue weighted by Crippen LogP contribution is -2.48. The smallest absolute Gasteiger partial charge is 0.326 e. The van der Waals surface area contributed by atoms with Crippen LogP contribution >= 0.6 is 11.6 Å². The first kappa shape index (κ1) is 15.3. The number of aliphatic carboxylic acids is 1. The van der Waals surface area contributed by atoms with E-state index in [0.717, 1.165) is 5.56 Å². The number of hydrogen-bond acceptors (Lipinski definition) is 2. The van der Waals surface area contributed by atoms with Gasteiger partial charge in [-0.2, -0.15) is 0 Å². The van der Waals surface area contributed by atoms with Gasteiger partial charge in [-0.05, 0) is 17.5 Å². The predicted molar refractivity (Wildman–Crippen MR) is 73.1 cm³/mol. The number of urea groups is 1. The fourth-order valence-corrected chi connectivity index (χ4v) is 1.73. The Kier molecular flexibility index (Phi) is 5.63. The molecule has 1 atom stereocenters. The average molecular weight is 285 g/mol. The number of benzene rings is 1. The van der Waals surface area contributed by atoms with E-state index in [1.165, 1.54) is 0 Å². The van der Waals surface area contributed by atoms with Gasteiger partial charge in [0.15, 0.2) is 0 Å². The molecule has 0 spiro atoms. The first-order valence-electron chi connectivity index (χ1n) is 5.92. The monoisotopic (exact) mass is 284 g/mol. The second-order valence-corrected chi connectivity index (χ2v) is 4.89. The molecule has 0 saturated carbocycles. The van der Waals surface area contributed by atoms with Crippen LogP contribution in [0.25, 0.3) is 0 Å². The molecule has 19 heavy (non-hydrogen) atoms. The zero-order valence-corrected chi connectivity index (χ0v) is 11.6. The van der Waals surface area contributed by atoms with E-state index in [2.05, 4.69) is 10.6 Å². The molecule has 104 valence electrons. The molecular formula is C13H17ClN2O3. The highest BCUT2D eigenvalue weighted by Crippen LogP contribution is 2.14. The lowest BCUT2D eigenvalue weighted by Gasteiger charge is -2.18. The zero-order valence-electron chi connectivity index (χ0n) is 10.8. The van der Waals surface area contributed by atoms with Gasteiger partial charge in [-0.3, -0.25) is 0 Å². The van der Waals surface area contributed by atoms with Crippen LogP contribution in [-0.2, 0) is 11.3 Å². The Bertz CT molecular complexity index is 463. The third-order valence-corrected chi connectivity index (χ3v) is 2.99. The maximum absolute atomic E-state index is 11.6. The molecule has 0 saturated heterocycles. The van der Waals surface area contributed by atoms with Crippen LogP contribution in [-0.4, -0.2) is 23.1 Å². The van der Waals surface area contributed by atoms with Crippen LogP contribution in [0.4, 0.5) is 4.79 Å². The van der Waals surface area contributed by atoms with Crippen molar-refractivity contribution in [1.29, 1.82) is 0 Å². The highest BCUT2D eigenvalue weighted by Gasteiger charge is 2.23. The van der Waals surface area contributed by atoms with Crippen molar-refractivity contribution >= 4 is 23.6 Å². The molecule has 0 heterocycles. The highest BCUT2D eigenvalue weighted by molar-refractivity contribution is 6.31. The van der Waals surface area contributed by atoms with Crippen LogP contribution in [0.3, 0.4) is 0 Å². The Balaban J connectivity index is 2.52. The molecule has 3 N–H and O–H groups in total. The van der Waals surface area contributed by atoms with Crippen molar-refractivity contribution in [3.8, 4) is 0 Å². The van der Waals surface area contributed by atoms with Crippen molar-refractivity contribution in [2.45, 2.75) is 26.4 Å². The summed E-state index contributed by atoms with van der Waals surface area (Å²) in [5.41, 5.74) is 0.774. The molecule has 1 aromatic rings. The number of carboxylic acid groups (broad SMARTS) is 1. The second-order valence-electron chi connectivity index (χ2n) is 4.48. The normalized spacial score (nSPS) is 12.0. The quantitative estimate of drug-likeness (QED) is 0.776. The largest absolute Gasteiger partial charge is 0.480 e. The van der Waals surface area contributed by atoms with Crippen molar-refractivity contribution in [3.05, 3.63) is 34.9 Å². The first-order valence-corrected chi connectivity index (χ1v) is 6.30. The van der Waals surface area contributed by atoms with E-state index in [9.17, 15) is 9.59 Å².